The molecule has 2 saturated heterocycles. The minimum absolute atomic E-state index is 0.193. The molecule has 1 atom stereocenters. The summed E-state index contributed by atoms with van der Waals surface area (Å²) < 4.78 is 35.0. The zero-order valence-corrected chi connectivity index (χ0v) is 19.1. The number of oxazole rings is 1. The highest BCUT2D eigenvalue weighted by atomic mass is 32.2. The molecule has 1 unspecified atom stereocenters. The molecule has 0 spiro atoms. The van der Waals surface area contributed by atoms with E-state index in [1.807, 2.05) is 26.0 Å². The Kier molecular flexibility index (Phi) is 5.92. The molecule has 8 heteroatoms. The number of methoxy groups -OCH3 is 1. The molecular formula is C22H31N3O4S. The van der Waals surface area contributed by atoms with Gasteiger partial charge in [0.05, 0.1) is 24.3 Å². The largest absolute Gasteiger partial charge is 0.496 e. The zero-order valence-electron chi connectivity index (χ0n) is 18.3. The Balaban J connectivity index is 1.41. The van der Waals surface area contributed by atoms with Crippen molar-refractivity contribution in [3.8, 4) is 17.2 Å². The molecule has 0 saturated carbocycles. The maximum atomic E-state index is 11.8. The van der Waals surface area contributed by atoms with Crippen LogP contribution < -0.4 is 4.74 Å². The van der Waals surface area contributed by atoms with Crippen LogP contribution in [0.25, 0.3) is 11.5 Å². The Morgan fingerprint density at radius 2 is 1.87 bits per heavy atom. The van der Waals surface area contributed by atoms with Gasteiger partial charge in [-0.3, -0.25) is 9.80 Å². The summed E-state index contributed by atoms with van der Waals surface area (Å²) in [4.78, 5) is 9.52. The van der Waals surface area contributed by atoms with Crippen LogP contribution >= 0.6 is 0 Å². The standard InChI is InChI=1S/C22H31N3O4S/c1-15-16(2)21(28-4)6-5-19(15)22-23-20(17(3)29-22)13-24-8-10-25(11-9-24)18-7-12-30(26,27)14-18/h5-6,18H,7-14H2,1-4H3. The van der Waals surface area contributed by atoms with E-state index >= 15 is 0 Å². The van der Waals surface area contributed by atoms with Gasteiger partial charge in [0.1, 0.15) is 11.5 Å². The lowest BCUT2D eigenvalue weighted by atomic mass is 10.0. The lowest BCUT2D eigenvalue weighted by Crippen LogP contribution is -2.50. The molecule has 164 valence electrons. The second kappa shape index (κ2) is 8.32. The van der Waals surface area contributed by atoms with Gasteiger partial charge in [-0.1, -0.05) is 0 Å². The molecule has 2 fully saturated rings. The van der Waals surface area contributed by atoms with Gasteiger partial charge in [0.15, 0.2) is 9.84 Å². The maximum Gasteiger partial charge on any atom is 0.226 e. The lowest BCUT2D eigenvalue weighted by molar-refractivity contribution is 0.0990. The van der Waals surface area contributed by atoms with Crippen LogP contribution in [0.4, 0.5) is 0 Å². The first-order valence-electron chi connectivity index (χ1n) is 10.5. The van der Waals surface area contributed by atoms with E-state index in [1.54, 1.807) is 7.11 Å². The molecule has 4 rings (SSSR count). The summed E-state index contributed by atoms with van der Waals surface area (Å²) in [6, 6.07) is 4.16. The van der Waals surface area contributed by atoms with Gasteiger partial charge in [-0.15, -0.1) is 0 Å². The number of sulfone groups is 1. The number of aromatic nitrogens is 1. The van der Waals surface area contributed by atoms with Crippen LogP contribution in [0.15, 0.2) is 16.5 Å². The Morgan fingerprint density at radius 1 is 1.13 bits per heavy atom. The number of piperazine rings is 1. The predicted molar refractivity (Wildman–Crippen MR) is 117 cm³/mol. The third-order valence-corrected chi connectivity index (χ3v) is 8.34. The van der Waals surface area contributed by atoms with Crippen LogP contribution in [-0.4, -0.2) is 74.0 Å². The molecular weight excluding hydrogens is 402 g/mol. The van der Waals surface area contributed by atoms with Crippen LogP contribution in [0.5, 0.6) is 5.75 Å². The van der Waals surface area contributed by atoms with Gasteiger partial charge in [0.25, 0.3) is 0 Å². The van der Waals surface area contributed by atoms with Crippen LogP contribution in [0, 0.1) is 20.8 Å². The number of nitrogens with zero attached hydrogens (tertiary/aromatic N) is 3. The Morgan fingerprint density at radius 3 is 2.50 bits per heavy atom. The molecule has 0 amide bonds. The number of hydrogen-bond acceptors (Lipinski definition) is 7. The van der Waals surface area contributed by atoms with E-state index in [0.29, 0.717) is 17.4 Å². The normalized spacial score (nSPS) is 22.5. The van der Waals surface area contributed by atoms with E-state index in [2.05, 4.69) is 16.7 Å². The van der Waals surface area contributed by atoms with Crippen LogP contribution in [0.2, 0.25) is 0 Å². The van der Waals surface area contributed by atoms with Crippen molar-refractivity contribution in [1.29, 1.82) is 0 Å². The molecule has 2 aliphatic heterocycles. The molecule has 1 aromatic heterocycles. The van der Waals surface area contributed by atoms with Crippen molar-refractivity contribution in [1.82, 2.24) is 14.8 Å². The number of rotatable bonds is 5. The first kappa shape index (κ1) is 21.3. The van der Waals surface area contributed by atoms with Gasteiger partial charge in [-0.2, -0.15) is 0 Å². The highest BCUT2D eigenvalue weighted by Gasteiger charge is 2.33. The number of benzene rings is 1. The Hall–Kier alpha value is -1.90. The topological polar surface area (TPSA) is 75.9 Å². The molecule has 0 bridgehead atoms. The molecule has 30 heavy (non-hydrogen) atoms. The van der Waals surface area contributed by atoms with Gasteiger partial charge in [0.2, 0.25) is 5.89 Å². The average Bonchev–Trinajstić information content (AvgIpc) is 3.26. The van der Waals surface area contributed by atoms with E-state index in [0.717, 1.165) is 73.0 Å². The van der Waals surface area contributed by atoms with Gasteiger partial charge in [-0.05, 0) is 50.5 Å². The van der Waals surface area contributed by atoms with E-state index in [9.17, 15) is 8.42 Å². The number of ether oxygens (including phenoxy) is 1. The summed E-state index contributed by atoms with van der Waals surface area (Å²) in [7, 11) is -1.15. The maximum absolute atomic E-state index is 11.8. The summed E-state index contributed by atoms with van der Waals surface area (Å²) in [5.41, 5.74) is 4.17. The smallest absolute Gasteiger partial charge is 0.226 e. The van der Waals surface area contributed by atoms with Crippen molar-refractivity contribution in [2.75, 3.05) is 44.8 Å². The van der Waals surface area contributed by atoms with Gasteiger partial charge in [-0.25, -0.2) is 13.4 Å². The Labute approximate surface area is 178 Å². The van der Waals surface area contributed by atoms with Gasteiger partial charge < -0.3 is 9.15 Å². The van der Waals surface area contributed by atoms with E-state index < -0.39 is 9.84 Å². The van der Waals surface area contributed by atoms with Crippen LogP contribution in [0.3, 0.4) is 0 Å². The van der Waals surface area contributed by atoms with E-state index in [-0.39, 0.29) is 6.04 Å². The second-order valence-electron chi connectivity index (χ2n) is 8.46. The van der Waals surface area contributed by atoms with Crippen molar-refractivity contribution >= 4 is 9.84 Å². The average molecular weight is 434 g/mol. The van der Waals surface area contributed by atoms with Crippen molar-refractivity contribution in [3.63, 3.8) is 0 Å². The fourth-order valence-corrected chi connectivity index (χ4v) is 6.26. The highest BCUT2D eigenvalue weighted by Crippen LogP contribution is 2.32. The summed E-state index contributed by atoms with van der Waals surface area (Å²) in [6.45, 7) is 10.5. The second-order valence-corrected chi connectivity index (χ2v) is 10.7. The molecule has 3 heterocycles. The molecule has 2 aliphatic rings. The first-order valence-corrected chi connectivity index (χ1v) is 12.4. The SMILES string of the molecule is COc1ccc(-c2nc(CN3CCN(C4CCS(=O)(=O)C4)CC3)c(C)o2)c(C)c1C. The monoisotopic (exact) mass is 433 g/mol. The molecule has 7 nitrogen and oxygen atoms in total. The van der Waals surface area contributed by atoms with E-state index in [1.165, 1.54) is 0 Å². The zero-order chi connectivity index (χ0) is 21.5. The van der Waals surface area contributed by atoms with Crippen molar-refractivity contribution < 1.29 is 17.6 Å². The predicted octanol–water partition coefficient (Wildman–Crippen LogP) is 2.58. The van der Waals surface area contributed by atoms with Crippen molar-refractivity contribution in [2.45, 2.75) is 39.8 Å². The molecule has 0 N–H and O–H groups in total. The highest BCUT2D eigenvalue weighted by molar-refractivity contribution is 7.91. The lowest BCUT2D eigenvalue weighted by Gasteiger charge is -2.37. The molecule has 0 radical (unpaired) electrons. The summed E-state index contributed by atoms with van der Waals surface area (Å²) in [6.07, 6.45) is 0.773. The number of aryl methyl sites for hydroxylation is 1. The number of hydrogen-bond donors (Lipinski definition) is 0. The van der Waals surface area contributed by atoms with Crippen molar-refractivity contribution in [2.24, 2.45) is 0 Å². The third-order valence-electron chi connectivity index (χ3n) is 6.59. The minimum Gasteiger partial charge on any atom is -0.496 e. The third kappa shape index (κ3) is 4.26. The van der Waals surface area contributed by atoms with Crippen LogP contribution in [-0.2, 0) is 16.4 Å². The van der Waals surface area contributed by atoms with E-state index in [4.69, 9.17) is 14.1 Å². The van der Waals surface area contributed by atoms with Crippen LogP contribution in [0.1, 0.15) is 29.0 Å². The molecule has 1 aromatic carbocycles. The fourth-order valence-electron chi connectivity index (χ4n) is 4.50. The quantitative estimate of drug-likeness (QED) is 0.717. The first-order chi connectivity index (χ1) is 14.3. The fraction of sp³-hybridized carbons (Fsp3) is 0.591. The minimum atomic E-state index is -2.83. The summed E-state index contributed by atoms with van der Waals surface area (Å²) >= 11 is 0. The van der Waals surface area contributed by atoms with Gasteiger partial charge >= 0.3 is 0 Å². The Bertz CT molecular complexity index is 1020. The summed E-state index contributed by atoms with van der Waals surface area (Å²) in [5, 5.41) is 0. The van der Waals surface area contributed by atoms with Crippen molar-refractivity contribution in [3.05, 3.63) is 34.7 Å². The molecule has 2 aromatic rings. The molecule has 0 aliphatic carbocycles. The van der Waals surface area contributed by atoms with Gasteiger partial charge in [0, 0.05) is 44.3 Å². The summed E-state index contributed by atoms with van der Waals surface area (Å²) in [5.74, 6) is 3.03.